The molecule has 0 saturated carbocycles. The zero-order valence-corrected chi connectivity index (χ0v) is 13.4. The zero-order valence-electron chi connectivity index (χ0n) is 13.4. The van der Waals surface area contributed by atoms with Gasteiger partial charge in [-0.3, -0.25) is 14.3 Å². The average Bonchev–Trinajstić information content (AvgIpc) is 2.82. The van der Waals surface area contributed by atoms with Crippen molar-refractivity contribution in [2.24, 2.45) is 5.92 Å². The van der Waals surface area contributed by atoms with Gasteiger partial charge in [0.1, 0.15) is 11.6 Å². The molecule has 21 heavy (non-hydrogen) atoms. The number of aryl methyl sites for hydroxylation is 1. The maximum atomic E-state index is 12.7. The third-order valence-corrected chi connectivity index (χ3v) is 3.83. The fourth-order valence-electron chi connectivity index (χ4n) is 2.75. The highest BCUT2D eigenvalue weighted by atomic mass is 16.2. The molecule has 1 saturated heterocycles. The van der Waals surface area contributed by atoms with Gasteiger partial charge < -0.3 is 10.2 Å². The van der Waals surface area contributed by atoms with Crippen LogP contribution in [-0.4, -0.2) is 38.1 Å². The van der Waals surface area contributed by atoms with Gasteiger partial charge in [-0.05, 0) is 26.7 Å². The summed E-state index contributed by atoms with van der Waals surface area (Å²) in [6.45, 7) is 10.6. The minimum absolute atomic E-state index is 0.0509. The number of piperazine rings is 1. The van der Waals surface area contributed by atoms with E-state index < -0.39 is 11.6 Å². The van der Waals surface area contributed by atoms with Gasteiger partial charge >= 0.3 is 0 Å². The molecule has 1 aromatic heterocycles. The molecule has 2 amide bonds. The van der Waals surface area contributed by atoms with Crippen molar-refractivity contribution in [3.8, 4) is 0 Å². The van der Waals surface area contributed by atoms with E-state index in [2.05, 4.69) is 10.4 Å². The number of hydrogen-bond donors (Lipinski definition) is 1. The second-order valence-electron chi connectivity index (χ2n) is 6.44. The van der Waals surface area contributed by atoms with Crippen LogP contribution in [-0.2, 0) is 22.7 Å². The lowest BCUT2D eigenvalue weighted by Crippen LogP contribution is -2.68. The molecule has 0 bridgehead atoms. The number of carbonyl (C=O) groups excluding carboxylic acids is 2. The van der Waals surface area contributed by atoms with E-state index in [0.29, 0.717) is 6.54 Å². The molecule has 2 rings (SSSR count). The van der Waals surface area contributed by atoms with Gasteiger partial charge in [-0.1, -0.05) is 13.8 Å². The Balaban J connectivity index is 2.30. The van der Waals surface area contributed by atoms with Crippen LogP contribution < -0.4 is 5.32 Å². The summed E-state index contributed by atoms with van der Waals surface area (Å²) in [4.78, 5) is 26.7. The summed E-state index contributed by atoms with van der Waals surface area (Å²) < 4.78 is 1.82. The summed E-state index contributed by atoms with van der Waals surface area (Å²) in [5.74, 6) is -0.0752. The molecule has 2 heterocycles. The van der Waals surface area contributed by atoms with Crippen molar-refractivity contribution in [3.63, 3.8) is 0 Å². The van der Waals surface area contributed by atoms with Gasteiger partial charge in [0.15, 0.2) is 0 Å². The van der Waals surface area contributed by atoms with E-state index in [1.165, 1.54) is 0 Å². The van der Waals surface area contributed by atoms with Crippen molar-refractivity contribution in [1.29, 1.82) is 0 Å². The van der Waals surface area contributed by atoms with Crippen LogP contribution in [0.25, 0.3) is 0 Å². The number of nitrogens with zero attached hydrogens (tertiary/aromatic N) is 3. The number of rotatable bonds is 4. The standard InChI is InChI=1S/C15H24N4O2/c1-6-18-8-11(7-16-18)9-19-12(10(2)3)13(20)17-15(4,5)14(19)21/h7-8,10,12H,6,9H2,1-5H3,(H,17,20). The molecule has 0 spiro atoms. The first-order valence-corrected chi connectivity index (χ1v) is 7.40. The highest BCUT2D eigenvalue weighted by Gasteiger charge is 2.46. The molecule has 1 aliphatic heterocycles. The lowest BCUT2D eigenvalue weighted by Gasteiger charge is -2.44. The van der Waals surface area contributed by atoms with Crippen LogP contribution in [0.5, 0.6) is 0 Å². The Labute approximate surface area is 125 Å². The first kappa shape index (κ1) is 15.5. The van der Waals surface area contributed by atoms with Crippen molar-refractivity contribution in [2.75, 3.05) is 0 Å². The van der Waals surface area contributed by atoms with Crippen LogP contribution in [0.15, 0.2) is 12.4 Å². The quantitative estimate of drug-likeness (QED) is 0.905. The summed E-state index contributed by atoms with van der Waals surface area (Å²) >= 11 is 0. The van der Waals surface area contributed by atoms with Crippen molar-refractivity contribution in [2.45, 2.75) is 59.3 Å². The highest BCUT2D eigenvalue weighted by Crippen LogP contribution is 2.24. The molecule has 1 aliphatic rings. The second-order valence-corrected chi connectivity index (χ2v) is 6.44. The van der Waals surface area contributed by atoms with Gasteiger partial charge in [0.25, 0.3) is 0 Å². The molecule has 1 fully saturated rings. The van der Waals surface area contributed by atoms with Gasteiger partial charge in [-0.2, -0.15) is 5.10 Å². The molecule has 0 aliphatic carbocycles. The Hall–Kier alpha value is -1.85. The lowest BCUT2D eigenvalue weighted by atomic mass is 9.91. The minimum atomic E-state index is -0.858. The molecular formula is C15H24N4O2. The van der Waals surface area contributed by atoms with Crippen LogP contribution in [0.4, 0.5) is 0 Å². The fraction of sp³-hybridized carbons (Fsp3) is 0.667. The Morgan fingerprint density at radius 1 is 1.38 bits per heavy atom. The lowest BCUT2D eigenvalue weighted by molar-refractivity contribution is -0.156. The van der Waals surface area contributed by atoms with Crippen LogP contribution in [0.2, 0.25) is 0 Å². The molecule has 1 unspecified atom stereocenters. The molecule has 0 radical (unpaired) electrons. The van der Waals surface area contributed by atoms with E-state index in [9.17, 15) is 9.59 Å². The second kappa shape index (κ2) is 5.50. The van der Waals surface area contributed by atoms with E-state index in [0.717, 1.165) is 12.1 Å². The van der Waals surface area contributed by atoms with Crippen LogP contribution in [0, 0.1) is 5.92 Å². The Kier molecular flexibility index (Phi) is 4.07. The van der Waals surface area contributed by atoms with E-state index in [4.69, 9.17) is 0 Å². The number of aromatic nitrogens is 2. The predicted octanol–water partition coefficient (Wildman–Crippen LogP) is 1.16. The van der Waals surface area contributed by atoms with Crippen LogP contribution in [0.1, 0.15) is 40.2 Å². The van der Waals surface area contributed by atoms with Crippen molar-refractivity contribution < 1.29 is 9.59 Å². The number of carbonyl (C=O) groups is 2. The number of nitrogens with one attached hydrogen (secondary N) is 1. The molecule has 0 aromatic carbocycles. The zero-order chi connectivity index (χ0) is 15.8. The van der Waals surface area contributed by atoms with Crippen molar-refractivity contribution in [1.82, 2.24) is 20.0 Å². The van der Waals surface area contributed by atoms with Crippen molar-refractivity contribution in [3.05, 3.63) is 18.0 Å². The first-order chi connectivity index (χ1) is 9.76. The molecule has 1 aromatic rings. The topological polar surface area (TPSA) is 67.2 Å². The van der Waals surface area contributed by atoms with Gasteiger partial charge in [0, 0.05) is 24.8 Å². The Morgan fingerprint density at radius 2 is 2.05 bits per heavy atom. The molecule has 1 atom stereocenters. The monoisotopic (exact) mass is 292 g/mol. The summed E-state index contributed by atoms with van der Waals surface area (Å²) in [7, 11) is 0. The highest BCUT2D eigenvalue weighted by molar-refractivity contribution is 5.99. The van der Waals surface area contributed by atoms with Gasteiger partial charge in [0.2, 0.25) is 11.8 Å². The van der Waals surface area contributed by atoms with Gasteiger partial charge in [-0.15, -0.1) is 0 Å². The number of hydrogen-bond acceptors (Lipinski definition) is 3. The maximum absolute atomic E-state index is 12.7. The SMILES string of the molecule is CCn1cc(CN2C(=O)C(C)(C)NC(=O)C2C(C)C)cn1. The predicted molar refractivity (Wildman–Crippen MR) is 79.3 cm³/mol. The minimum Gasteiger partial charge on any atom is -0.340 e. The third-order valence-electron chi connectivity index (χ3n) is 3.83. The molecule has 1 N–H and O–H groups in total. The largest absolute Gasteiger partial charge is 0.340 e. The summed E-state index contributed by atoms with van der Waals surface area (Å²) in [6, 6.07) is -0.435. The van der Waals surface area contributed by atoms with Crippen LogP contribution >= 0.6 is 0 Å². The molecular weight excluding hydrogens is 268 g/mol. The first-order valence-electron chi connectivity index (χ1n) is 7.40. The Morgan fingerprint density at radius 3 is 2.57 bits per heavy atom. The maximum Gasteiger partial charge on any atom is 0.248 e. The van der Waals surface area contributed by atoms with Gasteiger partial charge in [0.05, 0.1) is 6.20 Å². The van der Waals surface area contributed by atoms with E-state index in [-0.39, 0.29) is 17.7 Å². The van der Waals surface area contributed by atoms with Gasteiger partial charge in [-0.25, -0.2) is 0 Å². The van der Waals surface area contributed by atoms with E-state index in [1.807, 2.05) is 31.6 Å². The normalized spacial score (nSPS) is 21.8. The number of amides is 2. The van der Waals surface area contributed by atoms with E-state index in [1.54, 1.807) is 24.9 Å². The van der Waals surface area contributed by atoms with Crippen molar-refractivity contribution >= 4 is 11.8 Å². The molecule has 6 heteroatoms. The summed E-state index contributed by atoms with van der Waals surface area (Å²) in [5.41, 5.74) is 0.0878. The molecule has 116 valence electrons. The third kappa shape index (κ3) is 2.94. The van der Waals surface area contributed by atoms with Crippen LogP contribution in [0.3, 0.4) is 0 Å². The fourth-order valence-corrected chi connectivity index (χ4v) is 2.75. The summed E-state index contributed by atoms with van der Waals surface area (Å²) in [6.07, 6.45) is 3.68. The smallest absolute Gasteiger partial charge is 0.248 e. The summed E-state index contributed by atoms with van der Waals surface area (Å²) in [5, 5.41) is 7.05. The Bertz CT molecular complexity index is 548. The average molecular weight is 292 g/mol. The molecule has 6 nitrogen and oxygen atoms in total. The van der Waals surface area contributed by atoms with E-state index >= 15 is 0 Å².